The van der Waals surface area contributed by atoms with Crippen LogP contribution in [-0.4, -0.2) is 55.6 Å². The first kappa shape index (κ1) is 27.8. The first-order chi connectivity index (χ1) is 20.6. The van der Waals surface area contributed by atoms with E-state index in [1.54, 1.807) is 40.6 Å². The van der Waals surface area contributed by atoms with Gasteiger partial charge in [-0.25, -0.2) is 17.5 Å². The summed E-state index contributed by atoms with van der Waals surface area (Å²) in [6.45, 7) is 2.36. The fourth-order valence-electron chi connectivity index (χ4n) is 6.69. The van der Waals surface area contributed by atoms with Gasteiger partial charge in [0.05, 0.1) is 29.2 Å². The van der Waals surface area contributed by atoms with Crippen molar-refractivity contribution in [3.63, 3.8) is 0 Å². The van der Waals surface area contributed by atoms with Crippen LogP contribution in [0.5, 0.6) is 0 Å². The zero-order chi connectivity index (χ0) is 29.9. The van der Waals surface area contributed by atoms with Crippen LogP contribution in [-0.2, 0) is 23.5 Å². The SMILES string of the molecule is Cc1ccnc(C(=O)[C@]23Cc4cnn(-c5ccc(F)cc5)c4C=C2CC[C@H](N(CC2CC2)S(=O)(=O)c2cnn(C)c2)C3)c1. The molecular formula is C32H33FN6O3S. The van der Waals surface area contributed by atoms with Gasteiger partial charge in [-0.2, -0.15) is 14.5 Å². The number of ketones is 1. The molecule has 0 spiro atoms. The maximum absolute atomic E-state index is 14.6. The molecule has 0 amide bonds. The summed E-state index contributed by atoms with van der Waals surface area (Å²) in [7, 11) is -2.13. The molecule has 3 aromatic heterocycles. The van der Waals surface area contributed by atoms with Crippen molar-refractivity contribution in [1.82, 2.24) is 28.9 Å². The van der Waals surface area contributed by atoms with Crippen molar-refractivity contribution in [2.45, 2.75) is 56.4 Å². The van der Waals surface area contributed by atoms with Crippen LogP contribution in [0.1, 0.15) is 59.4 Å². The van der Waals surface area contributed by atoms with Gasteiger partial charge in [0.1, 0.15) is 16.4 Å². The second-order valence-corrected chi connectivity index (χ2v) is 14.1. The van der Waals surface area contributed by atoms with Gasteiger partial charge in [-0.3, -0.25) is 14.5 Å². The average molecular weight is 601 g/mol. The molecule has 2 atom stereocenters. The molecule has 1 aromatic carbocycles. The van der Waals surface area contributed by atoms with Crippen molar-refractivity contribution in [1.29, 1.82) is 0 Å². The lowest BCUT2D eigenvalue weighted by molar-refractivity contribution is 0.0735. The maximum Gasteiger partial charge on any atom is 0.246 e. The highest BCUT2D eigenvalue weighted by Gasteiger charge is 2.52. The van der Waals surface area contributed by atoms with Crippen LogP contribution in [0.3, 0.4) is 0 Å². The molecule has 9 nitrogen and oxygen atoms in total. The second kappa shape index (κ2) is 10.3. The second-order valence-electron chi connectivity index (χ2n) is 12.2. The zero-order valence-electron chi connectivity index (χ0n) is 24.1. The summed E-state index contributed by atoms with van der Waals surface area (Å²) in [5.74, 6) is -0.105. The summed E-state index contributed by atoms with van der Waals surface area (Å²) in [5, 5.41) is 8.75. The number of Topliss-reactive ketones (excluding diaryl/α,β-unsaturated/α-hetero) is 1. The van der Waals surface area contributed by atoms with E-state index in [4.69, 9.17) is 0 Å². The predicted octanol–water partition coefficient (Wildman–Crippen LogP) is 4.91. The number of rotatable bonds is 8. The van der Waals surface area contributed by atoms with E-state index in [0.29, 0.717) is 43.8 Å². The Hall–Kier alpha value is -3.96. The van der Waals surface area contributed by atoms with E-state index in [2.05, 4.69) is 15.2 Å². The standard InChI is InChI=1S/C32H33FN6O3S/c1-21-11-12-34-29(13-21)31(40)32-15-23-17-36-39(26-9-6-25(33)7-10-26)30(23)14-24(32)5-8-27(16-32)38(19-22-3-4-22)43(41,42)28-18-35-37(2)20-28/h6-7,9-14,17-18,20,22,27H,3-5,8,15-16,19H2,1-2H3/t27-,32-/m0/s1. The molecule has 0 N–H and O–H groups in total. The Morgan fingerprint density at radius 1 is 1.12 bits per heavy atom. The number of halogens is 1. The third-order valence-corrected chi connectivity index (χ3v) is 11.0. The number of aromatic nitrogens is 5. The van der Waals surface area contributed by atoms with Gasteiger partial charge in [0.25, 0.3) is 0 Å². The van der Waals surface area contributed by atoms with Crippen LogP contribution in [0.4, 0.5) is 4.39 Å². The topological polar surface area (TPSA) is 103 Å². The van der Waals surface area contributed by atoms with Gasteiger partial charge in [0.15, 0.2) is 5.78 Å². The van der Waals surface area contributed by atoms with Gasteiger partial charge in [-0.15, -0.1) is 0 Å². The van der Waals surface area contributed by atoms with Gasteiger partial charge in [-0.05, 0) is 105 Å². The van der Waals surface area contributed by atoms with Crippen LogP contribution >= 0.6 is 0 Å². The number of aryl methyl sites for hydroxylation is 2. The Bertz CT molecular complexity index is 1860. The summed E-state index contributed by atoms with van der Waals surface area (Å²) >= 11 is 0. The molecule has 2 saturated carbocycles. The van der Waals surface area contributed by atoms with Crippen LogP contribution in [0, 0.1) is 24.1 Å². The Balaban J connectivity index is 1.32. The number of benzene rings is 1. The lowest BCUT2D eigenvalue weighted by atomic mass is 9.60. The number of hydrogen-bond acceptors (Lipinski definition) is 6. The maximum atomic E-state index is 14.6. The molecule has 4 aromatic rings. The third kappa shape index (κ3) is 4.94. The molecule has 3 aliphatic rings. The molecule has 0 saturated heterocycles. The van der Waals surface area contributed by atoms with E-state index in [1.165, 1.54) is 29.2 Å². The minimum absolute atomic E-state index is 0.0996. The Kier molecular flexibility index (Phi) is 6.70. The average Bonchev–Trinajstić information content (AvgIpc) is 3.57. The van der Waals surface area contributed by atoms with Crippen LogP contribution < -0.4 is 0 Å². The Morgan fingerprint density at radius 2 is 1.91 bits per heavy atom. The number of carbonyl (C=O) groups is 1. The van der Waals surface area contributed by atoms with Crippen molar-refractivity contribution in [2.24, 2.45) is 18.4 Å². The molecule has 222 valence electrons. The van der Waals surface area contributed by atoms with E-state index >= 15 is 0 Å². The number of fused-ring (bicyclic) bond motifs is 2. The molecule has 43 heavy (non-hydrogen) atoms. The molecule has 3 heterocycles. The number of hydrogen-bond donors (Lipinski definition) is 0. The van der Waals surface area contributed by atoms with Crippen molar-refractivity contribution >= 4 is 21.9 Å². The van der Waals surface area contributed by atoms with E-state index in [1.807, 2.05) is 25.1 Å². The minimum atomic E-state index is -3.84. The lowest BCUT2D eigenvalue weighted by Crippen LogP contribution is -2.51. The number of allylic oxidation sites excluding steroid dienone is 1. The van der Waals surface area contributed by atoms with E-state index in [9.17, 15) is 17.6 Å². The van der Waals surface area contributed by atoms with Gasteiger partial charge in [0.2, 0.25) is 10.0 Å². The first-order valence-corrected chi connectivity index (χ1v) is 16.1. The quantitative estimate of drug-likeness (QED) is 0.266. The highest BCUT2D eigenvalue weighted by molar-refractivity contribution is 7.89. The van der Waals surface area contributed by atoms with E-state index in [-0.39, 0.29) is 22.5 Å². The zero-order valence-corrected chi connectivity index (χ0v) is 25.0. The van der Waals surface area contributed by atoms with Crippen molar-refractivity contribution < 1.29 is 17.6 Å². The Morgan fingerprint density at radius 3 is 2.60 bits per heavy atom. The highest BCUT2D eigenvalue weighted by atomic mass is 32.2. The van der Waals surface area contributed by atoms with Crippen molar-refractivity contribution in [3.8, 4) is 5.69 Å². The largest absolute Gasteiger partial charge is 0.291 e. The molecule has 3 aliphatic carbocycles. The fraction of sp³-hybridized carbons (Fsp3) is 0.375. The molecule has 7 rings (SSSR count). The predicted molar refractivity (Wildman–Crippen MR) is 158 cm³/mol. The number of nitrogens with zero attached hydrogens (tertiary/aromatic N) is 6. The monoisotopic (exact) mass is 600 g/mol. The summed E-state index contributed by atoms with van der Waals surface area (Å²) in [6.07, 6.45) is 12.3. The summed E-state index contributed by atoms with van der Waals surface area (Å²) < 4.78 is 46.7. The van der Waals surface area contributed by atoms with Gasteiger partial charge < -0.3 is 0 Å². The molecule has 0 unspecified atom stereocenters. The molecule has 11 heteroatoms. The van der Waals surface area contributed by atoms with Crippen molar-refractivity contribution in [2.75, 3.05) is 6.54 Å². The fourth-order valence-corrected chi connectivity index (χ4v) is 8.41. The smallest absolute Gasteiger partial charge is 0.246 e. The van der Waals surface area contributed by atoms with Crippen LogP contribution in [0.15, 0.2) is 71.7 Å². The summed E-state index contributed by atoms with van der Waals surface area (Å²) in [6, 6.07) is 9.47. The van der Waals surface area contributed by atoms with Gasteiger partial charge in [-0.1, -0.05) is 5.57 Å². The number of carbonyl (C=O) groups excluding carboxylic acids is 1. The van der Waals surface area contributed by atoms with Gasteiger partial charge >= 0.3 is 0 Å². The third-order valence-electron chi connectivity index (χ3n) is 9.12. The highest BCUT2D eigenvalue weighted by Crippen LogP contribution is 2.52. The Labute approximate surface area is 250 Å². The number of sulfonamides is 1. The van der Waals surface area contributed by atoms with E-state index in [0.717, 1.165) is 40.9 Å². The molecule has 2 fully saturated rings. The van der Waals surface area contributed by atoms with Crippen LogP contribution in [0.25, 0.3) is 11.8 Å². The number of pyridine rings is 1. The molecular weight excluding hydrogens is 567 g/mol. The summed E-state index contributed by atoms with van der Waals surface area (Å²) in [4.78, 5) is 19.2. The van der Waals surface area contributed by atoms with E-state index < -0.39 is 15.4 Å². The van der Waals surface area contributed by atoms with Crippen molar-refractivity contribution in [3.05, 3.63) is 95.1 Å². The van der Waals surface area contributed by atoms with Crippen LogP contribution in [0.2, 0.25) is 0 Å². The lowest BCUT2D eigenvalue weighted by Gasteiger charge is -2.46. The summed E-state index contributed by atoms with van der Waals surface area (Å²) in [5.41, 5.74) is 3.77. The molecule has 0 radical (unpaired) electrons. The normalized spacial score (nSPS) is 21.8. The first-order valence-electron chi connectivity index (χ1n) is 14.7. The molecule has 0 bridgehead atoms. The van der Waals surface area contributed by atoms with Gasteiger partial charge in [0, 0.05) is 32.0 Å². The minimum Gasteiger partial charge on any atom is -0.291 e. The molecule has 0 aliphatic heterocycles.